The van der Waals surface area contributed by atoms with E-state index < -0.39 is 5.91 Å². The molecular weight excluding hydrogens is 218 g/mol. The molecule has 0 bridgehead atoms. The Kier molecular flexibility index (Phi) is 3.52. The topological polar surface area (TPSA) is 72.6 Å². The molecule has 4 heteroatoms. The first-order valence-electron chi connectivity index (χ1n) is 5.96. The minimum absolute atomic E-state index is 0.0841. The first kappa shape index (κ1) is 11.8. The Morgan fingerprint density at radius 2 is 2.00 bits per heavy atom. The molecule has 1 fully saturated rings. The van der Waals surface area contributed by atoms with E-state index in [0.717, 1.165) is 25.7 Å². The molecule has 1 aromatic rings. The number of phenols is 1. The fourth-order valence-electron chi connectivity index (χ4n) is 2.17. The van der Waals surface area contributed by atoms with Gasteiger partial charge in [0.1, 0.15) is 11.5 Å². The van der Waals surface area contributed by atoms with Gasteiger partial charge in [0, 0.05) is 6.07 Å². The average molecular weight is 235 g/mol. The van der Waals surface area contributed by atoms with Gasteiger partial charge in [-0.15, -0.1) is 0 Å². The Morgan fingerprint density at radius 1 is 1.29 bits per heavy atom. The van der Waals surface area contributed by atoms with Crippen LogP contribution >= 0.6 is 0 Å². The zero-order chi connectivity index (χ0) is 12.3. The lowest BCUT2D eigenvalue weighted by atomic mass is 9.97. The van der Waals surface area contributed by atoms with Crippen molar-refractivity contribution in [1.82, 2.24) is 0 Å². The highest BCUT2D eigenvalue weighted by molar-refractivity contribution is 5.95. The maximum absolute atomic E-state index is 11.2. The number of primary amides is 1. The van der Waals surface area contributed by atoms with E-state index in [1.165, 1.54) is 24.6 Å². The van der Waals surface area contributed by atoms with Gasteiger partial charge in [-0.05, 0) is 37.8 Å². The monoisotopic (exact) mass is 235 g/mol. The van der Waals surface area contributed by atoms with Crippen LogP contribution in [-0.4, -0.2) is 17.1 Å². The van der Waals surface area contributed by atoms with E-state index in [-0.39, 0.29) is 11.9 Å². The number of carbonyl (C=O) groups excluding carboxylic acids is 1. The van der Waals surface area contributed by atoms with Crippen molar-refractivity contribution in [3.05, 3.63) is 23.8 Å². The molecule has 0 unspecified atom stereocenters. The molecule has 4 nitrogen and oxygen atoms in total. The Labute approximate surface area is 100 Å². The van der Waals surface area contributed by atoms with Crippen LogP contribution in [0.4, 0.5) is 0 Å². The highest BCUT2D eigenvalue weighted by Crippen LogP contribution is 2.28. The highest BCUT2D eigenvalue weighted by atomic mass is 16.5. The van der Waals surface area contributed by atoms with E-state index in [9.17, 15) is 9.90 Å². The zero-order valence-corrected chi connectivity index (χ0v) is 9.69. The van der Waals surface area contributed by atoms with E-state index in [0.29, 0.717) is 11.3 Å². The molecule has 2 rings (SSSR count). The van der Waals surface area contributed by atoms with Gasteiger partial charge in [0.25, 0.3) is 5.91 Å². The molecule has 1 aliphatic rings. The molecule has 0 spiro atoms. The second-order valence-electron chi connectivity index (χ2n) is 4.42. The van der Waals surface area contributed by atoms with Gasteiger partial charge in [0.15, 0.2) is 0 Å². The number of aromatic hydroxyl groups is 1. The van der Waals surface area contributed by atoms with Crippen molar-refractivity contribution in [3.8, 4) is 11.5 Å². The van der Waals surface area contributed by atoms with Crippen LogP contribution in [0.25, 0.3) is 0 Å². The van der Waals surface area contributed by atoms with Crippen LogP contribution in [0.1, 0.15) is 42.5 Å². The number of phenolic OH excluding ortho intramolecular Hbond substituents is 1. The summed E-state index contributed by atoms with van der Waals surface area (Å²) >= 11 is 0. The van der Waals surface area contributed by atoms with Gasteiger partial charge in [-0.3, -0.25) is 4.79 Å². The molecule has 17 heavy (non-hydrogen) atoms. The maximum Gasteiger partial charge on any atom is 0.252 e. The number of rotatable bonds is 3. The molecule has 1 aromatic carbocycles. The predicted molar refractivity (Wildman–Crippen MR) is 64.1 cm³/mol. The normalized spacial score (nSPS) is 16.7. The van der Waals surface area contributed by atoms with Crippen LogP contribution in [0.3, 0.4) is 0 Å². The highest BCUT2D eigenvalue weighted by Gasteiger charge is 2.18. The number of hydrogen-bond donors (Lipinski definition) is 2. The van der Waals surface area contributed by atoms with Crippen molar-refractivity contribution in [2.24, 2.45) is 5.73 Å². The molecule has 0 atom stereocenters. The third kappa shape index (κ3) is 2.90. The standard InChI is InChI=1S/C13H17NO3/c14-13(16)11-7-6-9(15)8-12(11)17-10-4-2-1-3-5-10/h6-8,10,15H,1-5H2,(H2,14,16). The van der Waals surface area contributed by atoms with Crippen molar-refractivity contribution >= 4 is 5.91 Å². The molecule has 0 saturated heterocycles. The smallest absolute Gasteiger partial charge is 0.252 e. The number of amides is 1. The van der Waals surface area contributed by atoms with Crippen LogP contribution in [0.5, 0.6) is 11.5 Å². The van der Waals surface area contributed by atoms with Crippen LogP contribution in [0.15, 0.2) is 18.2 Å². The Morgan fingerprint density at radius 3 is 2.65 bits per heavy atom. The molecule has 1 amide bonds. The van der Waals surface area contributed by atoms with E-state index >= 15 is 0 Å². The van der Waals surface area contributed by atoms with Crippen LogP contribution in [0, 0.1) is 0 Å². The number of benzene rings is 1. The largest absolute Gasteiger partial charge is 0.508 e. The molecular formula is C13H17NO3. The Balaban J connectivity index is 2.17. The van der Waals surface area contributed by atoms with Gasteiger partial charge >= 0.3 is 0 Å². The molecule has 0 aliphatic heterocycles. The zero-order valence-electron chi connectivity index (χ0n) is 9.69. The van der Waals surface area contributed by atoms with Gasteiger partial charge < -0.3 is 15.6 Å². The maximum atomic E-state index is 11.2. The van der Waals surface area contributed by atoms with Gasteiger partial charge in [-0.25, -0.2) is 0 Å². The van der Waals surface area contributed by atoms with Gasteiger partial charge in [-0.2, -0.15) is 0 Å². The average Bonchev–Trinajstić information content (AvgIpc) is 2.30. The van der Waals surface area contributed by atoms with E-state index in [1.807, 2.05) is 0 Å². The van der Waals surface area contributed by atoms with Gasteiger partial charge in [0.05, 0.1) is 11.7 Å². The summed E-state index contributed by atoms with van der Waals surface area (Å²) in [6.07, 6.45) is 5.65. The molecule has 1 saturated carbocycles. The minimum atomic E-state index is -0.532. The quantitative estimate of drug-likeness (QED) is 0.843. The lowest BCUT2D eigenvalue weighted by molar-refractivity contribution is 0.0988. The van der Waals surface area contributed by atoms with Gasteiger partial charge in [0.2, 0.25) is 0 Å². The summed E-state index contributed by atoms with van der Waals surface area (Å²) < 4.78 is 5.77. The van der Waals surface area contributed by atoms with Crippen molar-refractivity contribution in [3.63, 3.8) is 0 Å². The number of ether oxygens (including phenoxy) is 1. The third-order valence-electron chi connectivity index (χ3n) is 3.08. The molecule has 3 N–H and O–H groups in total. The fraction of sp³-hybridized carbons (Fsp3) is 0.462. The molecule has 1 aliphatic carbocycles. The van der Waals surface area contributed by atoms with Crippen molar-refractivity contribution in [2.75, 3.05) is 0 Å². The van der Waals surface area contributed by atoms with Crippen LogP contribution in [-0.2, 0) is 0 Å². The summed E-state index contributed by atoms with van der Waals surface area (Å²) in [6.45, 7) is 0. The fourth-order valence-corrected chi connectivity index (χ4v) is 2.17. The van der Waals surface area contributed by atoms with E-state index in [1.54, 1.807) is 0 Å². The summed E-state index contributed by atoms with van der Waals surface area (Å²) in [5.74, 6) is -0.0546. The van der Waals surface area contributed by atoms with Gasteiger partial charge in [-0.1, -0.05) is 6.42 Å². The van der Waals surface area contributed by atoms with Crippen molar-refractivity contribution in [2.45, 2.75) is 38.2 Å². The third-order valence-corrected chi connectivity index (χ3v) is 3.08. The summed E-state index contributed by atoms with van der Waals surface area (Å²) in [6, 6.07) is 4.39. The number of hydrogen-bond acceptors (Lipinski definition) is 3. The van der Waals surface area contributed by atoms with E-state index in [2.05, 4.69) is 0 Å². The summed E-state index contributed by atoms with van der Waals surface area (Å²) in [5.41, 5.74) is 5.60. The molecule has 92 valence electrons. The first-order valence-corrected chi connectivity index (χ1v) is 5.96. The molecule has 0 aromatic heterocycles. The van der Waals surface area contributed by atoms with Crippen LogP contribution < -0.4 is 10.5 Å². The lowest BCUT2D eigenvalue weighted by Gasteiger charge is -2.23. The minimum Gasteiger partial charge on any atom is -0.508 e. The Bertz CT molecular complexity index is 411. The van der Waals surface area contributed by atoms with Crippen molar-refractivity contribution < 1.29 is 14.6 Å². The van der Waals surface area contributed by atoms with Crippen molar-refractivity contribution in [1.29, 1.82) is 0 Å². The predicted octanol–water partition coefficient (Wildman–Crippen LogP) is 2.20. The number of carbonyl (C=O) groups is 1. The molecule has 0 heterocycles. The second-order valence-corrected chi connectivity index (χ2v) is 4.42. The SMILES string of the molecule is NC(=O)c1ccc(O)cc1OC1CCCCC1. The number of nitrogens with two attached hydrogens (primary N) is 1. The first-order chi connectivity index (χ1) is 8.16. The lowest BCUT2D eigenvalue weighted by Crippen LogP contribution is -2.22. The summed E-state index contributed by atoms with van der Waals surface area (Å²) in [5, 5.41) is 9.42. The summed E-state index contributed by atoms with van der Waals surface area (Å²) in [7, 11) is 0. The molecule has 0 radical (unpaired) electrons. The second kappa shape index (κ2) is 5.08. The summed E-state index contributed by atoms with van der Waals surface area (Å²) in [4.78, 5) is 11.2. The Hall–Kier alpha value is -1.71. The van der Waals surface area contributed by atoms with E-state index in [4.69, 9.17) is 10.5 Å². The van der Waals surface area contributed by atoms with Crippen LogP contribution in [0.2, 0.25) is 0 Å².